The number of benzene rings is 2. The summed E-state index contributed by atoms with van der Waals surface area (Å²) in [5.41, 5.74) is 2.33. The zero-order valence-corrected chi connectivity index (χ0v) is 14.8. The maximum Gasteiger partial charge on any atom is 0.123 e. The molecule has 0 aliphatic heterocycles. The molecule has 0 aromatic heterocycles. The first kappa shape index (κ1) is 18.4. The summed E-state index contributed by atoms with van der Waals surface area (Å²) in [6.45, 7) is 4.44. The monoisotopic (exact) mass is 330 g/mol. The number of halogens is 1. The van der Waals surface area contributed by atoms with Gasteiger partial charge in [-0.3, -0.25) is 0 Å². The summed E-state index contributed by atoms with van der Waals surface area (Å²) in [5, 5.41) is 3.48. The fourth-order valence-corrected chi connectivity index (χ4v) is 2.56. The van der Waals surface area contributed by atoms with Gasteiger partial charge < -0.3 is 15.0 Å². The van der Waals surface area contributed by atoms with E-state index in [1.54, 1.807) is 0 Å². The molecule has 1 unspecified atom stereocenters. The van der Waals surface area contributed by atoms with Crippen LogP contribution in [0, 0.1) is 5.82 Å². The molecular formula is C20H27FN2O. The summed E-state index contributed by atoms with van der Waals surface area (Å²) in [5.74, 6) is 0.715. The first-order valence-corrected chi connectivity index (χ1v) is 8.44. The summed E-state index contributed by atoms with van der Waals surface area (Å²) in [7, 11) is 4.07. The predicted octanol–water partition coefficient (Wildman–Crippen LogP) is 4.01. The molecule has 2 aromatic carbocycles. The van der Waals surface area contributed by atoms with Crippen molar-refractivity contribution in [3.8, 4) is 5.75 Å². The Labute approximate surface area is 144 Å². The van der Waals surface area contributed by atoms with E-state index in [0.29, 0.717) is 0 Å². The van der Waals surface area contributed by atoms with E-state index in [0.717, 1.165) is 37.4 Å². The first-order chi connectivity index (χ1) is 11.6. The molecule has 2 aromatic rings. The minimum Gasteiger partial charge on any atom is -0.494 e. The fourth-order valence-electron chi connectivity index (χ4n) is 2.56. The minimum atomic E-state index is -0.199. The van der Waals surface area contributed by atoms with Crippen molar-refractivity contribution in [3.05, 3.63) is 65.5 Å². The van der Waals surface area contributed by atoms with E-state index in [1.165, 1.54) is 17.7 Å². The Morgan fingerprint density at radius 2 is 1.71 bits per heavy atom. The van der Waals surface area contributed by atoms with Crippen LogP contribution in [0.25, 0.3) is 0 Å². The molecule has 0 saturated heterocycles. The maximum atomic E-state index is 13.1. The van der Waals surface area contributed by atoms with E-state index in [4.69, 9.17) is 4.74 Å². The van der Waals surface area contributed by atoms with Crippen LogP contribution in [0.4, 0.5) is 4.39 Å². The number of ether oxygens (including phenoxy) is 1. The van der Waals surface area contributed by atoms with Gasteiger partial charge in [-0.05, 0) is 55.9 Å². The Kier molecular flexibility index (Phi) is 7.22. The van der Waals surface area contributed by atoms with Crippen molar-refractivity contribution in [1.82, 2.24) is 10.2 Å². The quantitative estimate of drug-likeness (QED) is 0.752. The Hall–Kier alpha value is -1.91. The lowest BCUT2D eigenvalue weighted by atomic mass is 10.1. The average Bonchev–Trinajstić information content (AvgIpc) is 2.59. The zero-order valence-electron chi connectivity index (χ0n) is 14.8. The number of likely N-dealkylation sites (N-methyl/N-ethyl adjacent to an activating group) is 1. The number of hydrogen-bond acceptors (Lipinski definition) is 3. The third-order valence-corrected chi connectivity index (χ3v) is 3.94. The average molecular weight is 330 g/mol. The second-order valence-corrected chi connectivity index (χ2v) is 6.15. The van der Waals surface area contributed by atoms with E-state index in [2.05, 4.69) is 29.3 Å². The number of nitrogens with one attached hydrogen (secondary N) is 1. The van der Waals surface area contributed by atoms with Gasteiger partial charge in [0, 0.05) is 19.1 Å². The number of rotatable bonds is 9. The van der Waals surface area contributed by atoms with E-state index in [-0.39, 0.29) is 11.9 Å². The van der Waals surface area contributed by atoms with E-state index in [1.807, 2.05) is 38.4 Å². The molecule has 1 N–H and O–H groups in total. The van der Waals surface area contributed by atoms with Crippen LogP contribution in [0.2, 0.25) is 0 Å². The largest absolute Gasteiger partial charge is 0.494 e. The molecule has 0 radical (unpaired) electrons. The Morgan fingerprint density at radius 1 is 1.04 bits per heavy atom. The molecule has 1 atom stereocenters. The maximum absolute atomic E-state index is 13.1. The van der Waals surface area contributed by atoms with Crippen molar-refractivity contribution in [1.29, 1.82) is 0 Å². The summed E-state index contributed by atoms with van der Waals surface area (Å²) < 4.78 is 18.7. The van der Waals surface area contributed by atoms with Gasteiger partial charge in [-0.2, -0.15) is 0 Å². The van der Waals surface area contributed by atoms with Gasteiger partial charge in [0.15, 0.2) is 0 Å². The minimum absolute atomic E-state index is 0.199. The Balaban J connectivity index is 1.87. The third kappa shape index (κ3) is 5.62. The molecule has 2 rings (SSSR count). The van der Waals surface area contributed by atoms with Crippen LogP contribution in [-0.2, 0) is 6.54 Å². The lowest BCUT2D eigenvalue weighted by Crippen LogP contribution is -2.30. The molecule has 0 aliphatic carbocycles. The van der Waals surface area contributed by atoms with Gasteiger partial charge in [-0.15, -0.1) is 0 Å². The second kappa shape index (κ2) is 9.40. The molecule has 3 nitrogen and oxygen atoms in total. The second-order valence-electron chi connectivity index (χ2n) is 6.15. The predicted molar refractivity (Wildman–Crippen MR) is 96.8 cm³/mol. The normalized spacial score (nSPS) is 12.4. The SMILES string of the molecule is CCCOc1ccc(CNCC(c2ccc(F)cc2)N(C)C)cc1. The number of hydrogen-bond donors (Lipinski definition) is 1. The van der Waals surface area contributed by atoms with Gasteiger partial charge in [-0.1, -0.05) is 31.2 Å². The van der Waals surface area contributed by atoms with E-state index in [9.17, 15) is 4.39 Å². The summed E-state index contributed by atoms with van der Waals surface area (Å²) in [6, 6.07) is 15.1. The van der Waals surface area contributed by atoms with E-state index < -0.39 is 0 Å². The van der Waals surface area contributed by atoms with Crippen LogP contribution in [0.15, 0.2) is 48.5 Å². The van der Waals surface area contributed by atoms with Crippen LogP contribution in [0.3, 0.4) is 0 Å². The Morgan fingerprint density at radius 3 is 2.29 bits per heavy atom. The van der Waals surface area contributed by atoms with Crippen LogP contribution < -0.4 is 10.1 Å². The molecule has 0 heterocycles. The highest BCUT2D eigenvalue weighted by molar-refractivity contribution is 5.27. The van der Waals surface area contributed by atoms with Crippen molar-refractivity contribution in [2.24, 2.45) is 0 Å². The van der Waals surface area contributed by atoms with Gasteiger partial charge in [0.2, 0.25) is 0 Å². The van der Waals surface area contributed by atoms with Gasteiger partial charge in [0.1, 0.15) is 11.6 Å². The lowest BCUT2D eigenvalue weighted by molar-refractivity contribution is 0.288. The first-order valence-electron chi connectivity index (χ1n) is 8.44. The van der Waals surface area contributed by atoms with Crippen molar-refractivity contribution in [2.45, 2.75) is 25.9 Å². The summed E-state index contributed by atoms with van der Waals surface area (Å²) in [6.07, 6.45) is 1.01. The van der Waals surface area contributed by atoms with Crippen molar-refractivity contribution < 1.29 is 9.13 Å². The molecule has 4 heteroatoms. The summed E-state index contributed by atoms with van der Waals surface area (Å²) >= 11 is 0. The lowest BCUT2D eigenvalue weighted by Gasteiger charge is -2.25. The molecular weight excluding hydrogens is 303 g/mol. The topological polar surface area (TPSA) is 24.5 Å². The number of nitrogens with zero attached hydrogens (tertiary/aromatic N) is 1. The highest BCUT2D eigenvalue weighted by Crippen LogP contribution is 2.18. The molecule has 0 amide bonds. The van der Waals surface area contributed by atoms with Crippen LogP contribution in [0.1, 0.15) is 30.5 Å². The molecule has 24 heavy (non-hydrogen) atoms. The zero-order chi connectivity index (χ0) is 17.4. The van der Waals surface area contributed by atoms with Crippen LogP contribution in [0.5, 0.6) is 5.75 Å². The van der Waals surface area contributed by atoms with Gasteiger partial charge in [0.25, 0.3) is 0 Å². The molecule has 130 valence electrons. The van der Waals surface area contributed by atoms with Crippen LogP contribution >= 0.6 is 0 Å². The van der Waals surface area contributed by atoms with Crippen molar-refractivity contribution in [2.75, 3.05) is 27.2 Å². The molecule has 0 fully saturated rings. The highest BCUT2D eigenvalue weighted by Gasteiger charge is 2.13. The molecule has 0 spiro atoms. The van der Waals surface area contributed by atoms with Crippen molar-refractivity contribution >= 4 is 0 Å². The third-order valence-electron chi connectivity index (χ3n) is 3.94. The highest BCUT2D eigenvalue weighted by atomic mass is 19.1. The van der Waals surface area contributed by atoms with Crippen LogP contribution in [-0.4, -0.2) is 32.1 Å². The van der Waals surface area contributed by atoms with Crippen molar-refractivity contribution in [3.63, 3.8) is 0 Å². The van der Waals surface area contributed by atoms with E-state index >= 15 is 0 Å². The molecule has 0 aliphatic rings. The molecule has 0 saturated carbocycles. The fraction of sp³-hybridized carbons (Fsp3) is 0.400. The standard InChI is InChI=1S/C20H27FN2O/c1-4-13-24-19-11-5-16(6-12-19)14-22-15-20(23(2)3)17-7-9-18(21)10-8-17/h5-12,20,22H,4,13-15H2,1-3H3. The van der Waals surface area contributed by atoms with Gasteiger partial charge in [-0.25, -0.2) is 4.39 Å². The van der Waals surface area contributed by atoms with Gasteiger partial charge in [0.05, 0.1) is 6.61 Å². The Bertz CT molecular complexity index is 596. The molecule has 0 bridgehead atoms. The smallest absolute Gasteiger partial charge is 0.123 e. The van der Waals surface area contributed by atoms with Gasteiger partial charge >= 0.3 is 0 Å². The summed E-state index contributed by atoms with van der Waals surface area (Å²) in [4.78, 5) is 2.14.